The number of carbonyl (C=O) groups is 1. The van der Waals surface area contributed by atoms with Crippen LogP contribution in [0.4, 0.5) is 27.3 Å². The molecule has 0 saturated heterocycles. The fourth-order valence-electron chi connectivity index (χ4n) is 3.60. The highest BCUT2D eigenvalue weighted by Crippen LogP contribution is 2.40. The van der Waals surface area contributed by atoms with Crippen LogP contribution in [0.2, 0.25) is 0 Å². The first-order valence-corrected chi connectivity index (χ1v) is 12.0. The van der Waals surface area contributed by atoms with Crippen molar-refractivity contribution in [1.29, 1.82) is 0 Å². The van der Waals surface area contributed by atoms with E-state index in [9.17, 15) is 15.0 Å². The largest absolute Gasteiger partial charge is 0.494 e. The number of hydrogen-bond acceptors (Lipinski definition) is 10. The molecule has 1 heterocycles. The molecular formula is C22H36N7O4S+. The Morgan fingerprint density at radius 3 is 2.29 bits per heavy atom. The van der Waals surface area contributed by atoms with Crippen LogP contribution in [0.25, 0.3) is 0 Å². The lowest BCUT2D eigenvalue weighted by Crippen LogP contribution is -2.39. The van der Waals surface area contributed by atoms with E-state index in [0.717, 1.165) is 5.13 Å². The average Bonchev–Trinajstić information content (AvgIpc) is 3.11. The summed E-state index contributed by atoms with van der Waals surface area (Å²) in [6, 6.07) is 3.93. The molecule has 0 aliphatic heterocycles. The Balaban J connectivity index is 2.51. The van der Waals surface area contributed by atoms with Gasteiger partial charge in [0.15, 0.2) is 0 Å². The Morgan fingerprint density at radius 2 is 1.79 bits per heavy atom. The molecule has 1 amide bonds. The number of aryl methyl sites for hydroxylation is 1. The van der Waals surface area contributed by atoms with Crippen molar-refractivity contribution < 1.29 is 24.4 Å². The molecule has 0 atom stereocenters. The topological polar surface area (TPSA) is 127 Å². The van der Waals surface area contributed by atoms with E-state index in [2.05, 4.69) is 53.2 Å². The van der Waals surface area contributed by atoms with Crippen LogP contribution >= 0.6 is 11.3 Å². The van der Waals surface area contributed by atoms with Gasteiger partial charge in [0.1, 0.15) is 18.5 Å². The van der Waals surface area contributed by atoms with E-state index in [4.69, 9.17) is 4.74 Å². The van der Waals surface area contributed by atoms with Crippen molar-refractivity contribution in [3.63, 3.8) is 0 Å². The minimum Gasteiger partial charge on any atom is -0.494 e. The summed E-state index contributed by atoms with van der Waals surface area (Å²) in [5.41, 5.74) is 1.46. The molecule has 34 heavy (non-hydrogen) atoms. The standard InChI is InChI=1S/C22H35N7O4S/c1-14(2)29(15(3)4)22-26-27(6)21(34-22)25-24-18-13-20(33-7)19(12-17(18)23-16(5)32)28(8-10-30)9-11-31/h12-15,30-31H,8-11H2,1-7H3/p+1. The molecule has 1 aromatic heterocycles. The Kier molecular flexibility index (Phi) is 10.1. The predicted octanol–water partition coefficient (Wildman–Crippen LogP) is 2.76. The number of amides is 1. The van der Waals surface area contributed by atoms with Gasteiger partial charge in [-0.1, -0.05) is 5.10 Å². The maximum Gasteiger partial charge on any atom is 0.431 e. The van der Waals surface area contributed by atoms with Crippen LogP contribution in [0.1, 0.15) is 34.6 Å². The highest BCUT2D eigenvalue weighted by Gasteiger charge is 2.25. The maximum absolute atomic E-state index is 11.9. The van der Waals surface area contributed by atoms with Gasteiger partial charge in [-0.3, -0.25) is 4.79 Å². The van der Waals surface area contributed by atoms with E-state index in [0.29, 0.717) is 41.0 Å². The number of aromatic nitrogens is 2. The van der Waals surface area contributed by atoms with Gasteiger partial charge in [-0.25, -0.2) is 0 Å². The van der Waals surface area contributed by atoms with Gasteiger partial charge in [-0.15, -0.1) is 4.68 Å². The molecule has 1 aromatic carbocycles. The monoisotopic (exact) mass is 494 g/mol. The second-order valence-electron chi connectivity index (χ2n) is 8.24. The summed E-state index contributed by atoms with van der Waals surface area (Å²) in [4.78, 5) is 15.8. The van der Waals surface area contributed by atoms with E-state index in [1.54, 1.807) is 21.7 Å². The second-order valence-corrected chi connectivity index (χ2v) is 9.18. The Hall–Kier alpha value is -2.83. The molecule has 2 rings (SSSR count). The summed E-state index contributed by atoms with van der Waals surface area (Å²) in [6.07, 6.45) is 0. The summed E-state index contributed by atoms with van der Waals surface area (Å²) in [6.45, 7) is 10.3. The minimum absolute atomic E-state index is 0.103. The van der Waals surface area contributed by atoms with Gasteiger partial charge in [0.25, 0.3) is 0 Å². The highest BCUT2D eigenvalue weighted by molar-refractivity contribution is 7.18. The van der Waals surface area contributed by atoms with Crippen molar-refractivity contribution in [2.75, 3.05) is 48.5 Å². The zero-order valence-electron chi connectivity index (χ0n) is 20.9. The lowest BCUT2D eigenvalue weighted by Gasteiger charge is -2.28. The third-order valence-electron chi connectivity index (χ3n) is 4.96. The fraction of sp³-hybridized carbons (Fsp3) is 0.591. The van der Waals surface area contributed by atoms with Crippen molar-refractivity contribution in [1.82, 2.24) is 5.10 Å². The molecule has 0 unspecified atom stereocenters. The van der Waals surface area contributed by atoms with Gasteiger partial charge >= 0.3 is 5.13 Å². The Morgan fingerprint density at radius 1 is 1.18 bits per heavy atom. The van der Waals surface area contributed by atoms with Gasteiger partial charge < -0.3 is 30.1 Å². The van der Waals surface area contributed by atoms with Crippen LogP contribution in [0, 0.1) is 0 Å². The van der Waals surface area contributed by atoms with Crippen LogP contribution in [-0.2, 0) is 11.8 Å². The Labute approximate surface area is 204 Å². The number of methoxy groups -OCH3 is 1. The second kappa shape index (κ2) is 12.6. The summed E-state index contributed by atoms with van der Waals surface area (Å²) >= 11 is 1.43. The average molecular weight is 495 g/mol. The van der Waals surface area contributed by atoms with Crippen LogP contribution in [0.3, 0.4) is 0 Å². The van der Waals surface area contributed by atoms with Crippen LogP contribution in [0.15, 0.2) is 22.4 Å². The smallest absolute Gasteiger partial charge is 0.431 e. The number of anilines is 3. The number of hydrogen-bond donors (Lipinski definition) is 3. The predicted molar refractivity (Wildman–Crippen MR) is 134 cm³/mol. The number of aliphatic hydroxyl groups excluding tert-OH is 2. The molecule has 0 aliphatic rings. The summed E-state index contributed by atoms with van der Waals surface area (Å²) < 4.78 is 7.22. The maximum atomic E-state index is 11.9. The van der Waals surface area contributed by atoms with Gasteiger partial charge in [0.05, 0.1) is 36.8 Å². The molecule has 0 fully saturated rings. The quantitative estimate of drug-likeness (QED) is 0.306. The van der Waals surface area contributed by atoms with Crippen LogP contribution in [0.5, 0.6) is 5.75 Å². The van der Waals surface area contributed by atoms with Gasteiger partial charge in [-0.05, 0) is 50.2 Å². The van der Waals surface area contributed by atoms with Gasteiger partial charge in [-0.2, -0.15) is 0 Å². The highest BCUT2D eigenvalue weighted by atomic mass is 32.1. The molecule has 0 radical (unpaired) electrons. The molecule has 2 aromatic rings. The number of azo groups is 1. The number of carbonyl (C=O) groups excluding carboxylic acids is 1. The number of rotatable bonds is 12. The molecule has 12 heteroatoms. The van der Waals surface area contributed by atoms with E-state index in [-0.39, 0.29) is 31.2 Å². The zero-order chi connectivity index (χ0) is 25.4. The molecule has 0 aliphatic carbocycles. The first-order chi connectivity index (χ1) is 16.1. The number of ether oxygens (including phenoxy) is 1. The molecule has 0 saturated carbocycles. The van der Waals surface area contributed by atoms with Crippen molar-refractivity contribution in [2.24, 2.45) is 17.3 Å². The zero-order valence-corrected chi connectivity index (χ0v) is 21.8. The normalized spacial score (nSPS) is 11.5. The molecular weight excluding hydrogens is 458 g/mol. The minimum atomic E-state index is -0.265. The third-order valence-corrected chi connectivity index (χ3v) is 5.96. The van der Waals surface area contributed by atoms with E-state index in [1.165, 1.54) is 25.4 Å². The molecule has 0 spiro atoms. The first kappa shape index (κ1) is 27.4. The number of nitrogens with one attached hydrogen (secondary N) is 1. The summed E-state index contributed by atoms with van der Waals surface area (Å²) in [5.74, 6) is 0.212. The third kappa shape index (κ3) is 6.84. The SMILES string of the molecule is COc1cc(N=Nc2sc(N(C(C)C)C(C)C)n[n+]2C)c(NC(C)=O)cc1N(CCO)CCO. The molecule has 0 bridgehead atoms. The fourth-order valence-corrected chi connectivity index (χ4v) is 4.71. The van der Waals surface area contributed by atoms with Gasteiger partial charge in [0.2, 0.25) is 11.0 Å². The van der Waals surface area contributed by atoms with Crippen LogP contribution in [-0.4, -0.2) is 66.7 Å². The molecule has 188 valence electrons. The summed E-state index contributed by atoms with van der Waals surface area (Å²) in [7, 11) is 3.34. The van der Waals surface area contributed by atoms with Crippen molar-refractivity contribution in [3.05, 3.63) is 12.1 Å². The van der Waals surface area contributed by atoms with Crippen LogP contribution < -0.4 is 24.5 Å². The number of aliphatic hydroxyl groups is 2. The number of nitrogens with zero attached hydrogens (tertiary/aromatic N) is 6. The van der Waals surface area contributed by atoms with E-state index >= 15 is 0 Å². The van der Waals surface area contributed by atoms with Crippen molar-refractivity contribution in [2.45, 2.75) is 46.7 Å². The van der Waals surface area contributed by atoms with E-state index < -0.39 is 0 Å². The molecule has 11 nitrogen and oxygen atoms in total. The van der Waals surface area contributed by atoms with Crippen molar-refractivity contribution in [3.8, 4) is 5.75 Å². The first-order valence-electron chi connectivity index (χ1n) is 11.2. The van der Waals surface area contributed by atoms with Gasteiger partial charge in [0, 0.05) is 38.2 Å². The number of benzene rings is 1. The van der Waals surface area contributed by atoms with Crippen molar-refractivity contribution >= 4 is 44.6 Å². The Bertz CT molecular complexity index is 980. The summed E-state index contributed by atoms with van der Waals surface area (Å²) in [5, 5.41) is 36.5. The molecule has 3 N–H and O–H groups in total. The lowest BCUT2D eigenvalue weighted by molar-refractivity contribution is -0.712. The van der Waals surface area contributed by atoms with E-state index in [1.807, 2.05) is 7.05 Å². The lowest BCUT2D eigenvalue weighted by atomic mass is 10.2.